The van der Waals surface area contributed by atoms with Crippen molar-refractivity contribution in [2.24, 2.45) is 0 Å². The molecule has 0 saturated carbocycles. The van der Waals surface area contributed by atoms with Crippen molar-refractivity contribution < 1.29 is 14.3 Å². The van der Waals surface area contributed by atoms with Crippen molar-refractivity contribution in [3.63, 3.8) is 0 Å². The van der Waals surface area contributed by atoms with Crippen LogP contribution in [-0.4, -0.2) is 24.0 Å². The van der Waals surface area contributed by atoms with E-state index in [9.17, 15) is 9.59 Å². The van der Waals surface area contributed by atoms with Crippen LogP contribution in [-0.2, 0) is 14.3 Å². The average Bonchev–Trinajstić information content (AvgIpc) is 2.67. The van der Waals surface area contributed by atoms with Gasteiger partial charge in [-0.25, -0.2) is 4.79 Å². The lowest BCUT2D eigenvalue weighted by molar-refractivity contribution is -0.136. The first-order valence-electron chi connectivity index (χ1n) is 7.95. The molecule has 0 saturated heterocycles. The molecule has 1 atom stereocenters. The van der Waals surface area contributed by atoms with Gasteiger partial charge in [0.15, 0.2) is 0 Å². The number of methoxy groups -OCH3 is 1. The Bertz CT molecular complexity index is 827. The zero-order valence-electron chi connectivity index (χ0n) is 13.8. The number of pyridine rings is 1. The molecule has 1 aromatic carbocycles. The molecule has 0 unspecified atom stereocenters. The number of nitrogens with one attached hydrogen (secondary N) is 1. The molecular formula is C20H18N2O3. The van der Waals surface area contributed by atoms with Crippen LogP contribution < -0.4 is 5.32 Å². The summed E-state index contributed by atoms with van der Waals surface area (Å²) < 4.78 is 4.96. The molecule has 126 valence electrons. The van der Waals surface area contributed by atoms with E-state index in [2.05, 4.69) is 10.3 Å². The molecule has 0 aliphatic carbocycles. The lowest BCUT2D eigenvalue weighted by Gasteiger charge is -2.26. The van der Waals surface area contributed by atoms with Crippen molar-refractivity contribution in [2.75, 3.05) is 7.11 Å². The second-order valence-corrected chi connectivity index (χ2v) is 5.62. The van der Waals surface area contributed by atoms with Crippen molar-refractivity contribution in [1.29, 1.82) is 0 Å². The van der Waals surface area contributed by atoms with Gasteiger partial charge in [-0.2, -0.15) is 0 Å². The second kappa shape index (κ2) is 7.57. The van der Waals surface area contributed by atoms with Crippen molar-refractivity contribution in [2.45, 2.75) is 12.3 Å². The summed E-state index contributed by atoms with van der Waals surface area (Å²) in [5.74, 6) is -0.928. The lowest BCUT2D eigenvalue weighted by Crippen LogP contribution is -2.34. The van der Waals surface area contributed by atoms with Gasteiger partial charge in [0.25, 0.3) is 0 Å². The number of aromatic nitrogens is 1. The number of rotatable bonds is 4. The van der Waals surface area contributed by atoms with E-state index in [1.165, 1.54) is 7.11 Å². The predicted octanol–water partition coefficient (Wildman–Crippen LogP) is 2.83. The molecule has 1 amide bonds. The molecule has 0 spiro atoms. The summed E-state index contributed by atoms with van der Waals surface area (Å²) in [4.78, 5) is 28.8. The molecule has 1 aliphatic rings. The van der Waals surface area contributed by atoms with Crippen LogP contribution in [0.25, 0.3) is 6.08 Å². The van der Waals surface area contributed by atoms with Gasteiger partial charge in [0, 0.05) is 18.5 Å². The molecule has 2 heterocycles. The van der Waals surface area contributed by atoms with E-state index in [1.807, 2.05) is 48.5 Å². The van der Waals surface area contributed by atoms with Crippen LogP contribution in [0.4, 0.5) is 0 Å². The molecule has 0 radical (unpaired) electrons. The van der Waals surface area contributed by atoms with Gasteiger partial charge in [-0.15, -0.1) is 0 Å². The number of benzene rings is 1. The molecule has 0 bridgehead atoms. The maximum Gasteiger partial charge on any atom is 0.336 e. The highest BCUT2D eigenvalue weighted by Gasteiger charge is 2.32. The molecule has 25 heavy (non-hydrogen) atoms. The maximum atomic E-state index is 12.4. The number of ether oxygens (including phenoxy) is 1. The fraction of sp³-hybridized carbons (Fsp3) is 0.150. The Morgan fingerprint density at radius 1 is 1.16 bits per heavy atom. The lowest BCUT2D eigenvalue weighted by atomic mass is 9.84. The summed E-state index contributed by atoms with van der Waals surface area (Å²) in [6.45, 7) is 0. The quantitative estimate of drug-likeness (QED) is 0.873. The number of esters is 1. The van der Waals surface area contributed by atoms with Crippen LogP contribution in [0.5, 0.6) is 0 Å². The van der Waals surface area contributed by atoms with Crippen LogP contribution in [0.1, 0.15) is 23.6 Å². The van der Waals surface area contributed by atoms with Gasteiger partial charge in [0.2, 0.25) is 5.91 Å². The summed E-state index contributed by atoms with van der Waals surface area (Å²) in [7, 11) is 1.34. The topological polar surface area (TPSA) is 68.3 Å². The van der Waals surface area contributed by atoms with Gasteiger partial charge >= 0.3 is 5.97 Å². The number of hydrogen-bond donors (Lipinski definition) is 1. The van der Waals surface area contributed by atoms with E-state index in [-0.39, 0.29) is 18.2 Å². The average molecular weight is 334 g/mol. The van der Waals surface area contributed by atoms with Crippen LogP contribution in [0, 0.1) is 0 Å². The van der Waals surface area contributed by atoms with E-state index < -0.39 is 5.97 Å². The first-order chi connectivity index (χ1) is 12.2. The van der Waals surface area contributed by atoms with Gasteiger partial charge in [0.1, 0.15) is 0 Å². The molecule has 5 nitrogen and oxygen atoms in total. The number of nitrogens with zero attached hydrogens (tertiary/aromatic N) is 1. The number of carbonyl (C=O) groups excluding carboxylic acids is 2. The minimum absolute atomic E-state index is 0.137. The molecule has 1 aromatic heterocycles. The zero-order valence-corrected chi connectivity index (χ0v) is 13.8. The third-order valence-corrected chi connectivity index (χ3v) is 4.02. The van der Waals surface area contributed by atoms with E-state index in [4.69, 9.17) is 4.74 Å². The van der Waals surface area contributed by atoms with E-state index in [1.54, 1.807) is 18.3 Å². The minimum Gasteiger partial charge on any atom is -0.466 e. The van der Waals surface area contributed by atoms with Crippen LogP contribution in [0.3, 0.4) is 0 Å². The van der Waals surface area contributed by atoms with Gasteiger partial charge in [-0.3, -0.25) is 9.78 Å². The van der Waals surface area contributed by atoms with Gasteiger partial charge in [-0.1, -0.05) is 36.4 Å². The Balaban J connectivity index is 2.05. The first kappa shape index (κ1) is 16.6. The third-order valence-electron chi connectivity index (χ3n) is 4.02. The third kappa shape index (κ3) is 3.83. The monoisotopic (exact) mass is 334 g/mol. The SMILES string of the molecule is COC(=O)C1=C(/C=C\c2ccccn2)NC(=O)C[C@H]1c1ccccc1. The van der Waals surface area contributed by atoms with Crippen LogP contribution >= 0.6 is 0 Å². The normalized spacial score (nSPS) is 17.5. The highest BCUT2D eigenvalue weighted by molar-refractivity contribution is 5.96. The van der Waals surface area contributed by atoms with E-state index in [0.717, 1.165) is 11.3 Å². The van der Waals surface area contributed by atoms with E-state index >= 15 is 0 Å². The predicted molar refractivity (Wildman–Crippen MR) is 94.3 cm³/mol. The molecule has 5 heteroatoms. The number of carbonyl (C=O) groups is 2. The van der Waals surface area contributed by atoms with Crippen LogP contribution in [0.2, 0.25) is 0 Å². The summed E-state index contributed by atoms with van der Waals surface area (Å²) >= 11 is 0. The fourth-order valence-corrected chi connectivity index (χ4v) is 2.85. The maximum absolute atomic E-state index is 12.4. The Labute approximate surface area is 146 Å². The van der Waals surface area contributed by atoms with Crippen molar-refractivity contribution >= 4 is 18.0 Å². The number of amides is 1. The minimum atomic E-state index is -0.450. The summed E-state index contributed by atoms with van der Waals surface area (Å²) in [5.41, 5.74) is 2.53. The Hall–Kier alpha value is -3.21. The van der Waals surface area contributed by atoms with Gasteiger partial charge < -0.3 is 10.1 Å². The summed E-state index contributed by atoms with van der Waals surface area (Å²) in [6, 6.07) is 15.0. The number of allylic oxidation sites excluding steroid dienone is 1. The Kier molecular flexibility index (Phi) is 5.04. The summed E-state index contributed by atoms with van der Waals surface area (Å²) in [5, 5.41) is 2.78. The largest absolute Gasteiger partial charge is 0.466 e. The van der Waals surface area contributed by atoms with Crippen LogP contribution in [0.15, 0.2) is 72.1 Å². The van der Waals surface area contributed by atoms with Gasteiger partial charge in [-0.05, 0) is 29.8 Å². The molecule has 1 N–H and O–H groups in total. The molecule has 1 aliphatic heterocycles. The molecular weight excluding hydrogens is 316 g/mol. The Morgan fingerprint density at radius 2 is 1.92 bits per heavy atom. The van der Waals surface area contributed by atoms with Crippen molar-refractivity contribution in [1.82, 2.24) is 10.3 Å². The standard InChI is InChI=1S/C20H18N2O3/c1-25-20(24)19-16(14-7-3-2-4-8-14)13-18(23)22-17(19)11-10-15-9-5-6-12-21-15/h2-12,16H,13H2,1H3,(H,22,23)/b11-10-/t16-/m0/s1. The van der Waals surface area contributed by atoms with Crippen molar-refractivity contribution in [3.8, 4) is 0 Å². The van der Waals surface area contributed by atoms with E-state index in [0.29, 0.717) is 11.3 Å². The van der Waals surface area contributed by atoms with Crippen molar-refractivity contribution in [3.05, 3.63) is 83.3 Å². The van der Waals surface area contributed by atoms with Gasteiger partial charge in [0.05, 0.1) is 24.1 Å². The molecule has 0 fully saturated rings. The molecule has 3 rings (SSSR count). The number of hydrogen-bond acceptors (Lipinski definition) is 4. The summed E-state index contributed by atoms with van der Waals surface area (Å²) in [6.07, 6.45) is 5.34. The fourth-order valence-electron chi connectivity index (χ4n) is 2.85. The Morgan fingerprint density at radius 3 is 2.60 bits per heavy atom. The second-order valence-electron chi connectivity index (χ2n) is 5.62. The molecule has 2 aromatic rings. The smallest absolute Gasteiger partial charge is 0.336 e. The highest BCUT2D eigenvalue weighted by atomic mass is 16.5. The zero-order chi connectivity index (χ0) is 17.6. The highest BCUT2D eigenvalue weighted by Crippen LogP contribution is 2.33. The first-order valence-corrected chi connectivity index (χ1v) is 7.95.